The molecule has 0 radical (unpaired) electrons. The van der Waals surface area contributed by atoms with Crippen LogP contribution in [0.5, 0.6) is 0 Å². The normalized spacial score (nSPS) is 11.7. The van der Waals surface area contributed by atoms with E-state index >= 15 is 0 Å². The van der Waals surface area contributed by atoms with E-state index in [1.54, 1.807) is 4.57 Å². The number of nitrogens with zero attached hydrogens (tertiary/aromatic N) is 1. The molecule has 3 nitrogen and oxygen atoms in total. The van der Waals surface area contributed by atoms with E-state index in [-0.39, 0.29) is 5.76 Å². The van der Waals surface area contributed by atoms with Gasteiger partial charge in [0.15, 0.2) is 17.4 Å². The van der Waals surface area contributed by atoms with Gasteiger partial charge in [-0.2, -0.15) is 4.57 Å². The number of nitrogens with one attached hydrogen (secondary N) is 1. The molecule has 2 aromatic carbocycles. The van der Waals surface area contributed by atoms with Crippen molar-refractivity contribution in [3.8, 4) is 0 Å². The first-order chi connectivity index (χ1) is 13.9. The van der Waals surface area contributed by atoms with Crippen LogP contribution in [-0.2, 0) is 6.42 Å². The summed E-state index contributed by atoms with van der Waals surface area (Å²) < 4.78 is 1.78. The molecule has 0 amide bonds. The summed E-state index contributed by atoms with van der Waals surface area (Å²) in [4.78, 5) is 0.343. The van der Waals surface area contributed by atoms with Gasteiger partial charge in [0.05, 0.1) is 0 Å². The Bertz CT molecular complexity index is 1070. The Morgan fingerprint density at radius 3 is 2.45 bits per heavy atom. The fraction of sp³-hybridized carbons (Fsp3) is 0.167. The summed E-state index contributed by atoms with van der Waals surface area (Å²) in [5.74, 6) is -0.138. The average molecular weight is 423 g/mol. The Labute approximate surface area is 182 Å². The Morgan fingerprint density at radius 2 is 1.79 bits per heavy atom. The Hall–Kier alpha value is -2.69. The summed E-state index contributed by atoms with van der Waals surface area (Å²) in [5, 5.41) is 17.3. The number of pyridine rings is 1. The SMILES string of the molecule is CCc1ccc(C([O-])=C(C(=S)Nc2cccc(Cl)c2C)[n+]2cccc(C)c2)cc1. The molecule has 0 saturated heterocycles. The van der Waals surface area contributed by atoms with E-state index in [1.807, 2.05) is 80.8 Å². The Kier molecular flexibility index (Phi) is 6.68. The molecule has 0 aliphatic heterocycles. The molecule has 1 aromatic heterocycles. The lowest BCUT2D eigenvalue weighted by atomic mass is 10.1. The minimum Gasteiger partial charge on any atom is -0.867 e. The third-order valence-electron chi connectivity index (χ3n) is 4.78. The van der Waals surface area contributed by atoms with Crippen molar-refractivity contribution in [3.63, 3.8) is 0 Å². The molecular formula is C24H23ClN2OS. The van der Waals surface area contributed by atoms with Crippen molar-refractivity contribution >= 4 is 46.0 Å². The number of aromatic nitrogens is 1. The molecule has 3 aromatic rings. The van der Waals surface area contributed by atoms with Gasteiger partial charge in [0.2, 0.25) is 5.70 Å². The van der Waals surface area contributed by atoms with Gasteiger partial charge in [-0.3, -0.25) is 0 Å². The summed E-state index contributed by atoms with van der Waals surface area (Å²) >= 11 is 11.9. The molecule has 0 atom stereocenters. The van der Waals surface area contributed by atoms with Crippen LogP contribution < -0.4 is 15.0 Å². The molecule has 148 valence electrons. The lowest BCUT2D eigenvalue weighted by Crippen LogP contribution is -2.40. The third-order valence-corrected chi connectivity index (χ3v) is 5.48. The minimum absolute atomic E-state index is 0.138. The number of anilines is 1. The fourth-order valence-corrected chi connectivity index (χ4v) is 3.51. The van der Waals surface area contributed by atoms with Crippen molar-refractivity contribution in [2.45, 2.75) is 27.2 Å². The number of aryl methyl sites for hydroxylation is 2. The van der Waals surface area contributed by atoms with Gasteiger partial charge in [0.1, 0.15) is 0 Å². The van der Waals surface area contributed by atoms with Crippen molar-refractivity contribution < 1.29 is 9.67 Å². The van der Waals surface area contributed by atoms with Crippen LogP contribution in [0.15, 0.2) is 67.0 Å². The molecule has 0 aliphatic carbocycles. The predicted molar refractivity (Wildman–Crippen MR) is 123 cm³/mol. The monoisotopic (exact) mass is 422 g/mol. The molecule has 0 saturated carbocycles. The van der Waals surface area contributed by atoms with Crippen molar-refractivity contribution in [2.75, 3.05) is 5.32 Å². The molecule has 1 N–H and O–H groups in total. The van der Waals surface area contributed by atoms with E-state index < -0.39 is 0 Å². The zero-order valence-corrected chi connectivity index (χ0v) is 18.3. The average Bonchev–Trinajstić information content (AvgIpc) is 2.71. The Balaban J connectivity index is 2.09. The van der Waals surface area contributed by atoms with Crippen LogP contribution in [0.1, 0.15) is 29.2 Å². The number of rotatable bonds is 5. The van der Waals surface area contributed by atoms with Crippen LogP contribution in [-0.4, -0.2) is 4.99 Å². The van der Waals surface area contributed by atoms with E-state index in [2.05, 4.69) is 12.2 Å². The highest BCUT2D eigenvalue weighted by Gasteiger charge is 2.20. The maximum absolute atomic E-state index is 13.4. The highest BCUT2D eigenvalue weighted by atomic mass is 35.5. The summed E-state index contributed by atoms with van der Waals surface area (Å²) in [6, 6.07) is 17.1. The summed E-state index contributed by atoms with van der Waals surface area (Å²) in [6.07, 6.45) is 4.65. The van der Waals surface area contributed by atoms with E-state index in [0.717, 1.165) is 23.2 Å². The van der Waals surface area contributed by atoms with Crippen molar-refractivity contribution in [1.29, 1.82) is 0 Å². The highest BCUT2D eigenvalue weighted by molar-refractivity contribution is 7.81. The second kappa shape index (κ2) is 9.21. The molecule has 3 rings (SSSR count). The quantitative estimate of drug-likeness (QED) is 0.274. The number of hydrogen-bond acceptors (Lipinski definition) is 2. The molecule has 29 heavy (non-hydrogen) atoms. The zero-order chi connectivity index (χ0) is 21.0. The van der Waals surface area contributed by atoms with Gasteiger partial charge in [-0.1, -0.05) is 61.1 Å². The van der Waals surface area contributed by atoms with E-state index in [9.17, 15) is 5.11 Å². The van der Waals surface area contributed by atoms with Crippen LogP contribution in [0, 0.1) is 13.8 Å². The fourth-order valence-electron chi connectivity index (χ4n) is 3.02. The smallest absolute Gasteiger partial charge is 0.238 e. The van der Waals surface area contributed by atoms with Gasteiger partial charge in [0.25, 0.3) is 0 Å². The van der Waals surface area contributed by atoms with Crippen LogP contribution in [0.4, 0.5) is 5.69 Å². The van der Waals surface area contributed by atoms with Crippen molar-refractivity contribution in [3.05, 3.63) is 94.3 Å². The summed E-state index contributed by atoms with van der Waals surface area (Å²) in [5.41, 5.74) is 4.86. The topological polar surface area (TPSA) is 39.0 Å². The second-order valence-corrected chi connectivity index (χ2v) is 7.70. The van der Waals surface area contributed by atoms with Gasteiger partial charge in [0, 0.05) is 22.3 Å². The van der Waals surface area contributed by atoms with Crippen molar-refractivity contribution in [2.24, 2.45) is 0 Å². The number of hydrogen-bond donors (Lipinski definition) is 1. The number of halogens is 1. The third kappa shape index (κ3) is 4.84. The molecule has 1 heterocycles. The van der Waals surface area contributed by atoms with Crippen LogP contribution in [0.2, 0.25) is 5.02 Å². The molecule has 0 aliphatic rings. The van der Waals surface area contributed by atoms with Gasteiger partial charge < -0.3 is 10.4 Å². The van der Waals surface area contributed by atoms with E-state index in [1.165, 1.54) is 5.56 Å². The summed E-state index contributed by atoms with van der Waals surface area (Å²) in [6.45, 7) is 5.98. The lowest BCUT2D eigenvalue weighted by molar-refractivity contribution is -0.578. The summed E-state index contributed by atoms with van der Waals surface area (Å²) in [7, 11) is 0. The molecule has 5 heteroatoms. The zero-order valence-electron chi connectivity index (χ0n) is 16.7. The highest BCUT2D eigenvalue weighted by Crippen LogP contribution is 2.24. The van der Waals surface area contributed by atoms with Gasteiger partial charge >= 0.3 is 0 Å². The van der Waals surface area contributed by atoms with Crippen molar-refractivity contribution in [1.82, 2.24) is 0 Å². The van der Waals surface area contributed by atoms with E-state index in [4.69, 9.17) is 23.8 Å². The van der Waals surface area contributed by atoms with Crippen LogP contribution in [0.3, 0.4) is 0 Å². The first-order valence-corrected chi connectivity index (χ1v) is 10.2. The van der Waals surface area contributed by atoms with Gasteiger partial charge in [-0.05, 0) is 60.9 Å². The number of benzene rings is 2. The molecular weight excluding hydrogens is 400 g/mol. The Morgan fingerprint density at radius 1 is 1.07 bits per heavy atom. The largest absolute Gasteiger partial charge is 0.867 e. The first-order valence-electron chi connectivity index (χ1n) is 9.46. The van der Waals surface area contributed by atoms with Crippen LogP contribution >= 0.6 is 23.8 Å². The molecule has 0 bridgehead atoms. The van der Waals surface area contributed by atoms with Gasteiger partial charge in [-0.15, -0.1) is 0 Å². The molecule has 0 unspecified atom stereocenters. The van der Waals surface area contributed by atoms with Gasteiger partial charge in [-0.25, -0.2) is 0 Å². The van der Waals surface area contributed by atoms with E-state index in [0.29, 0.717) is 21.3 Å². The maximum atomic E-state index is 13.4. The maximum Gasteiger partial charge on any atom is 0.238 e. The molecule has 0 spiro atoms. The molecule has 0 fully saturated rings. The first kappa shape index (κ1) is 21.0. The minimum atomic E-state index is -0.138. The second-order valence-electron chi connectivity index (χ2n) is 6.88. The van der Waals surface area contributed by atoms with Crippen LogP contribution in [0.25, 0.3) is 11.5 Å². The lowest BCUT2D eigenvalue weighted by Gasteiger charge is -2.18. The number of thiocarbonyl (C=S) groups is 1. The predicted octanol–water partition coefficient (Wildman–Crippen LogP) is 4.93. The standard InChI is InChI=1S/C24H23ClN2OS/c1-4-18-10-12-19(13-11-18)23(28)22(27-14-6-7-16(2)15-27)24(29)26-21-9-5-8-20(25)17(21)3/h5-15H,4H2,1-3H3,(H-,26,28,29).